The van der Waals surface area contributed by atoms with Crippen LogP contribution in [0.2, 0.25) is 0 Å². The summed E-state index contributed by atoms with van der Waals surface area (Å²) in [7, 11) is 0. The van der Waals surface area contributed by atoms with Gasteiger partial charge in [0.1, 0.15) is 0 Å². The fraction of sp³-hybridized carbons (Fsp3) is 0. The van der Waals surface area contributed by atoms with E-state index in [9.17, 15) is 4.79 Å². The van der Waals surface area contributed by atoms with E-state index >= 15 is 0 Å². The molecule has 0 spiro atoms. The fourth-order valence-corrected chi connectivity index (χ4v) is 2.43. The van der Waals surface area contributed by atoms with E-state index in [-0.39, 0.29) is 5.91 Å². The van der Waals surface area contributed by atoms with E-state index in [0.29, 0.717) is 0 Å². The van der Waals surface area contributed by atoms with Crippen LogP contribution < -0.4 is 10.7 Å². The molecule has 2 aromatic rings. The summed E-state index contributed by atoms with van der Waals surface area (Å²) in [6.07, 6.45) is 3.30. The quantitative estimate of drug-likeness (QED) is 0.578. The van der Waals surface area contributed by atoms with Crippen molar-refractivity contribution in [3.05, 3.63) is 69.2 Å². The Hall–Kier alpha value is -2.55. The molecule has 3 nitrogen and oxygen atoms in total. The van der Waals surface area contributed by atoms with E-state index in [0.717, 1.165) is 32.4 Å². The Bertz CT molecular complexity index is 939. The minimum Gasteiger partial charge on any atom is -0.267 e. The second kappa shape index (κ2) is 3.23. The van der Waals surface area contributed by atoms with E-state index < -0.39 is 0 Å². The Labute approximate surface area is 102 Å². The first-order valence-electron chi connectivity index (χ1n) is 5.75. The van der Waals surface area contributed by atoms with Crippen LogP contribution >= 0.6 is 0 Å². The van der Waals surface area contributed by atoms with Gasteiger partial charge in [-0.25, -0.2) is 9.98 Å². The summed E-state index contributed by atoms with van der Waals surface area (Å²) in [6.45, 7) is 0. The summed E-state index contributed by atoms with van der Waals surface area (Å²) in [6, 6.07) is 11.9. The number of para-hydroxylation sites is 1. The molecule has 3 heteroatoms. The minimum absolute atomic E-state index is 0.208. The average molecular weight is 232 g/mol. The van der Waals surface area contributed by atoms with Gasteiger partial charge in [0.2, 0.25) is 0 Å². The molecule has 0 radical (unpaired) electrons. The molecule has 0 atom stereocenters. The largest absolute Gasteiger partial charge is 0.270 e. The first-order chi connectivity index (χ1) is 8.83. The van der Waals surface area contributed by atoms with E-state index in [1.54, 1.807) is 0 Å². The van der Waals surface area contributed by atoms with Crippen molar-refractivity contribution in [3.8, 4) is 0 Å². The number of carbonyl (C=O) groups is 1. The van der Waals surface area contributed by atoms with Gasteiger partial charge in [0.15, 0.2) is 0 Å². The lowest BCUT2D eigenvalue weighted by Gasteiger charge is -2.01. The molecule has 2 heterocycles. The van der Waals surface area contributed by atoms with Crippen molar-refractivity contribution < 1.29 is 4.79 Å². The molecular weight excluding hydrogens is 224 g/mol. The number of fused-ring (bicyclic) bond motifs is 4. The van der Waals surface area contributed by atoms with Crippen molar-refractivity contribution in [1.82, 2.24) is 0 Å². The molecule has 0 aromatic heterocycles. The molecule has 0 N–H and O–H groups in total. The van der Waals surface area contributed by atoms with Crippen molar-refractivity contribution >= 4 is 17.7 Å². The SMILES string of the molecule is O=C1C=Cc2ccc3c(c2=N1)=c1ccccc1=N3. The van der Waals surface area contributed by atoms with Gasteiger partial charge in [-0.05, 0) is 18.2 Å². The van der Waals surface area contributed by atoms with Gasteiger partial charge in [-0.15, -0.1) is 0 Å². The third-order valence-corrected chi connectivity index (χ3v) is 3.23. The molecule has 2 aliphatic rings. The first-order valence-corrected chi connectivity index (χ1v) is 5.75. The number of benzene rings is 2. The van der Waals surface area contributed by atoms with Crippen molar-refractivity contribution in [3.63, 3.8) is 0 Å². The van der Waals surface area contributed by atoms with Crippen LogP contribution in [0.5, 0.6) is 0 Å². The summed E-state index contributed by atoms with van der Waals surface area (Å²) in [5.41, 5.74) is 1.86. The fourth-order valence-electron chi connectivity index (χ4n) is 2.43. The first kappa shape index (κ1) is 9.48. The Kier molecular flexibility index (Phi) is 1.70. The van der Waals surface area contributed by atoms with Gasteiger partial charge in [-0.2, -0.15) is 0 Å². The summed E-state index contributed by atoms with van der Waals surface area (Å²) in [4.78, 5) is 20.1. The predicted octanol–water partition coefficient (Wildman–Crippen LogP) is 1.41. The highest BCUT2D eigenvalue weighted by molar-refractivity contribution is 5.94. The Balaban J connectivity index is 2.37. The molecule has 2 aliphatic heterocycles. The zero-order valence-corrected chi connectivity index (χ0v) is 9.42. The van der Waals surface area contributed by atoms with E-state index in [1.165, 1.54) is 6.08 Å². The lowest BCUT2D eigenvalue weighted by Crippen LogP contribution is -2.15. The third-order valence-electron chi connectivity index (χ3n) is 3.23. The second-order valence-corrected chi connectivity index (χ2v) is 4.31. The lowest BCUT2D eigenvalue weighted by atomic mass is 10.1. The van der Waals surface area contributed by atoms with Gasteiger partial charge in [0.05, 0.1) is 16.4 Å². The summed E-state index contributed by atoms with van der Waals surface area (Å²) in [5, 5.41) is 3.71. The van der Waals surface area contributed by atoms with Crippen LogP contribution in [-0.4, -0.2) is 5.91 Å². The highest BCUT2D eigenvalue weighted by Gasteiger charge is 2.11. The van der Waals surface area contributed by atoms with Crippen LogP contribution in [-0.2, 0) is 4.79 Å². The third kappa shape index (κ3) is 1.16. The highest BCUT2D eigenvalue weighted by atomic mass is 16.1. The standard InChI is InChI=1S/C15H8N2O/c18-13-8-6-9-5-7-12-14(15(9)17-13)10-3-1-2-4-11(10)16-12/h1-8H. The summed E-state index contributed by atoms with van der Waals surface area (Å²) < 4.78 is 0. The van der Waals surface area contributed by atoms with Crippen LogP contribution in [0.3, 0.4) is 0 Å². The highest BCUT2D eigenvalue weighted by Crippen LogP contribution is 2.17. The topological polar surface area (TPSA) is 41.8 Å². The number of carbonyl (C=O) groups excluding carboxylic acids is 1. The second-order valence-electron chi connectivity index (χ2n) is 4.31. The summed E-state index contributed by atoms with van der Waals surface area (Å²) in [5.74, 6) is -0.208. The molecule has 0 aliphatic carbocycles. The number of nitrogens with zero attached hydrogens (tertiary/aromatic N) is 2. The number of rotatable bonds is 0. The Morgan fingerprint density at radius 2 is 1.78 bits per heavy atom. The normalized spacial score (nSPS) is 14.3. The zero-order valence-electron chi connectivity index (χ0n) is 9.42. The maximum atomic E-state index is 11.5. The van der Waals surface area contributed by atoms with Gasteiger partial charge >= 0.3 is 0 Å². The Morgan fingerprint density at radius 3 is 2.72 bits per heavy atom. The molecule has 84 valence electrons. The molecule has 0 saturated carbocycles. The van der Waals surface area contributed by atoms with Crippen molar-refractivity contribution in [2.45, 2.75) is 0 Å². The van der Waals surface area contributed by atoms with Crippen LogP contribution in [0, 0.1) is 10.4 Å². The predicted molar refractivity (Wildman–Crippen MR) is 66.6 cm³/mol. The Morgan fingerprint density at radius 1 is 0.889 bits per heavy atom. The molecule has 2 aromatic carbocycles. The number of hydrogen-bond acceptors (Lipinski definition) is 2. The minimum atomic E-state index is -0.208. The van der Waals surface area contributed by atoms with Crippen molar-refractivity contribution in [2.75, 3.05) is 0 Å². The van der Waals surface area contributed by atoms with Gasteiger partial charge in [0, 0.05) is 22.1 Å². The van der Waals surface area contributed by atoms with Gasteiger partial charge < -0.3 is 0 Å². The monoisotopic (exact) mass is 232 g/mol. The van der Waals surface area contributed by atoms with E-state index in [4.69, 9.17) is 0 Å². The molecule has 0 fully saturated rings. The average Bonchev–Trinajstić information content (AvgIpc) is 2.77. The van der Waals surface area contributed by atoms with Crippen molar-refractivity contribution in [1.29, 1.82) is 0 Å². The maximum absolute atomic E-state index is 11.5. The molecule has 18 heavy (non-hydrogen) atoms. The molecule has 0 unspecified atom stereocenters. The van der Waals surface area contributed by atoms with Gasteiger partial charge in [-0.3, -0.25) is 4.79 Å². The molecule has 0 saturated heterocycles. The molecule has 4 rings (SSSR count). The van der Waals surface area contributed by atoms with Crippen LogP contribution in [0.4, 0.5) is 5.69 Å². The van der Waals surface area contributed by atoms with Crippen molar-refractivity contribution in [2.24, 2.45) is 9.98 Å². The van der Waals surface area contributed by atoms with Crippen LogP contribution in [0.1, 0.15) is 5.56 Å². The van der Waals surface area contributed by atoms with E-state index in [2.05, 4.69) is 9.98 Å². The summed E-state index contributed by atoms with van der Waals surface area (Å²) >= 11 is 0. The smallest absolute Gasteiger partial charge is 0.267 e. The molecule has 0 bridgehead atoms. The zero-order chi connectivity index (χ0) is 12.1. The van der Waals surface area contributed by atoms with Gasteiger partial charge in [0.25, 0.3) is 5.91 Å². The lowest BCUT2D eigenvalue weighted by molar-refractivity contribution is -0.113. The number of amides is 1. The van der Waals surface area contributed by atoms with Crippen LogP contribution in [0.25, 0.3) is 6.08 Å². The number of hydrogen-bond donors (Lipinski definition) is 0. The molecule has 1 amide bonds. The molecular formula is C15H8N2O. The van der Waals surface area contributed by atoms with Gasteiger partial charge in [-0.1, -0.05) is 24.3 Å². The van der Waals surface area contributed by atoms with Crippen LogP contribution in [0.15, 0.2) is 52.5 Å². The maximum Gasteiger partial charge on any atom is 0.270 e. The van der Waals surface area contributed by atoms with E-state index in [1.807, 2.05) is 42.5 Å².